The fourth-order valence-corrected chi connectivity index (χ4v) is 3.02. The first-order valence-corrected chi connectivity index (χ1v) is 9.90. The molecule has 34 heavy (non-hydrogen) atoms. The van der Waals surface area contributed by atoms with Gasteiger partial charge in [0.2, 0.25) is 11.7 Å². The van der Waals surface area contributed by atoms with Gasteiger partial charge in [0.15, 0.2) is 11.5 Å². The lowest BCUT2D eigenvalue weighted by atomic mass is 10.1. The van der Waals surface area contributed by atoms with Crippen molar-refractivity contribution in [2.24, 2.45) is 7.05 Å². The quantitative estimate of drug-likeness (QED) is 0.418. The lowest BCUT2D eigenvalue weighted by molar-refractivity contribution is -0.159. The van der Waals surface area contributed by atoms with Gasteiger partial charge in [0, 0.05) is 19.2 Å². The van der Waals surface area contributed by atoms with Gasteiger partial charge in [0.05, 0.1) is 40.3 Å². The number of carboxylic acids is 2. The first-order valence-electron chi connectivity index (χ1n) is 9.90. The van der Waals surface area contributed by atoms with Gasteiger partial charge in [-0.3, -0.25) is 0 Å². The maximum atomic E-state index is 9.10. The van der Waals surface area contributed by atoms with Crippen molar-refractivity contribution in [3.8, 4) is 34.3 Å². The Morgan fingerprint density at radius 2 is 1.47 bits per heavy atom. The topological polar surface area (TPSA) is 141 Å². The lowest BCUT2D eigenvalue weighted by Gasteiger charge is -2.15. The average Bonchev–Trinajstić information content (AvgIpc) is 3.22. The van der Waals surface area contributed by atoms with Crippen molar-refractivity contribution in [2.75, 3.05) is 33.8 Å². The summed E-state index contributed by atoms with van der Waals surface area (Å²) < 4.78 is 23.4. The van der Waals surface area contributed by atoms with Crippen LogP contribution < -0.4 is 24.3 Å². The number of nitrogens with zero attached hydrogens (tertiary/aromatic N) is 2. The molecule has 3 rings (SSSR count). The molecule has 2 aromatic carbocycles. The highest BCUT2D eigenvalue weighted by molar-refractivity contribution is 6.27. The molecule has 1 aromatic heterocycles. The van der Waals surface area contributed by atoms with Crippen molar-refractivity contribution in [3.05, 3.63) is 48.2 Å². The number of anilines is 1. The Labute approximate surface area is 196 Å². The average molecular weight is 473 g/mol. The maximum absolute atomic E-state index is 9.10. The number of aromatic nitrogens is 2. The number of carboxylic acid groups (broad SMARTS) is 2. The van der Waals surface area contributed by atoms with E-state index in [1.807, 2.05) is 54.2 Å². The van der Waals surface area contributed by atoms with Crippen LogP contribution in [0.1, 0.15) is 5.56 Å². The summed E-state index contributed by atoms with van der Waals surface area (Å²) in [6, 6.07) is 11.7. The van der Waals surface area contributed by atoms with E-state index in [4.69, 9.17) is 38.7 Å². The zero-order valence-corrected chi connectivity index (χ0v) is 19.5. The minimum Gasteiger partial charge on any atom is -0.497 e. The number of rotatable bonds is 8. The minimum atomic E-state index is -1.82. The number of imidazole rings is 1. The number of hydrogen-bond donors (Lipinski definition) is 3. The summed E-state index contributed by atoms with van der Waals surface area (Å²) in [5.74, 6) is -0.237. The zero-order chi connectivity index (χ0) is 25.3. The Hall–Kier alpha value is -4.41. The molecule has 0 unspecified atom stereocenters. The van der Waals surface area contributed by atoms with E-state index in [1.165, 1.54) is 0 Å². The van der Waals surface area contributed by atoms with Crippen molar-refractivity contribution in [3.63, 3.8) is 0 Å². The Morgan fingerprint density at radius 1 is 0.912 bits per heavy atom. The van der Waals surface area contributed by atoms with E-state index in [-0.39, 0.29) is 0 Å². The highest BCUT2D eigenvalue weighted by Gasteiger charge is 2.14. The van der Waals surface area contributed by atoms with Crippen molar-refractivity contribution < 1.29 is 38.7 Å². The van der Waals surface area contributed by atoms with Gasteiger partial charge in [-0.1, -0.05) is 0 Å². The maximum Gasteiger partial charge on any atom is 0.414 e. The van der Waals surface area contributed by atoms with Crippen LogP contribution in [-0.2, 0) is 23.2 Å². The van der Waals surface area contributed by atoms with Crippen LogP contribution in [0.3, 0.4) is 0 Å². The monoisotopic (exact) mass is 473 g/mol. The largest absolute Gasteiger partial charge is 0.497 e. The predicted molar refractivity (Wildman–Crippen MR) is 124 cm³/mol. The van der Waals surface area contributed by atoms with Crippen molar-refractivity contribution in [1.82, 2.24) is 9.55 Å². The summed E-state index contributed by atoms with van der Waals surface area (Å²) in [5, 5.41) is 18.1. The second-order valence-corrected chi connectivity index (χ2v) is 6.75. The highest BCUT2D eigenvalue weighted by Crippen LogP contribution is 2.38. The highest BCUT2D eigenvalue weighted by atomic mass is 16.5. The van der Waals surface area contributed by atoms with Crippen LogP contribution >= 0.6 is 0 Å². The van der Waals surface area contributed by atoms with Crippen LogP contribution in [0, 0.1) is 0 Å². The number of carbonyl (C=O) groups is 2. The molecule has 3 aromatic rings. The number of aliphatic carboxylic acids is 2. The second-order valence-electron chi connectivity index (χ2n) is 6.75. The van der Waals surface area contributed by atoms with E-state index in [9.17, 15) is 0 Å². The summed E-state index contributed by atoms with van der Waals surface area (Å²) in [7, 11) is 8.43. The van der Waals surface area contributed by atoms with E-state index in [1.54, 1.807) is 28.4 Å². The molecule has 0 aliphatic heterocycles. The van der Waals surface area contributed by atoms with E-state index >= 15 is 0 Å². The second kappa shape index (κ2) is 12.0. The van der Waals surface area contributed by atoms with Crippen molar-refractivity contribution >= 4 is 17.9 Å². The molecule has 0 atom stereocenters. The molecule has 1 heterocycles. The van der Waals surface area contributed by atoms with Crippen LogP contribution in [0.25, 0.3) is 11.3 Å². The minimum absolute atomic E-state index is 0.559. The molecule has 0 saturated carbocycles. The number of hydrogen-bond acceptors (Lipinski definition) is 8. The summed E-state index contributed by atoms with van der Waals surface area (Å²) in [6.45, 7) is 0.559. The molecule has 0 bridgehead atoms. The molecule has 3 N–H and O–H groups in total. The lowest BCUT2D eigenvalue weighted by Crippen LogP contribution is -2.09. The molecule has 0 aliphatic carbocycles. The predicted octanol–water partition coefficient (Wildman–Crippen LogP) is 2.89. The standard InChI is InChI=1S/C21H25N3O4.C2H2O4/c1-24-17(15-6-8-16(25-2)9-7-15)13-23-21(24)22-12-14-10-18(26-3)20(28-5)19(11-14)27-4;3-1(4)2(5)6/h6-11,13H,12H2,1-5H3,(H,22,23);(H,3,4)(H,5,6). The van der Waals surface area contributed by atoms with E-state index in [0.29, 0.717) is 23.8 Å². The molecule has 182 valence electrons. The molecule has 11 heteroatoms. The first-order chi connectivity index (χ1) is 16.2. The molecular formula is C23H27N3O8. The summed E-state index contributed by atoms with van der Waals surface area (Å²) in [5.41, 5.74) is 3.06. The van der Waals surface area contributed by atoms with E-state index in [2.05, 4.69) is 10.3 Å². The van der Waals surface area contributed by atoms with Crippen LogP contribution in [-0.4, -0.2) is 60.1 Å². The number of nitrogens with one attached hydrogen (secondary N) is 1. The van der Waals surface area contributed by atoms with Gasteiger partial charge in [-0.05, 0) is 42.0 Å². The first kappa shape index (κ1) is 25.8. The van der Waals surface area contributed by atoms with Gasteiger partial charge >= 0.3 is 11.9 Å². The van der Waals surface area contributed by atoms with Crippen LogP contribution in [0.15, 0.2) is 42.6 Å². The van der Waals surface area contributed by atoms with Gasteiger partial charge in [0.25, 0.3) is 0 Å². The Bertz CT molecular complexity index is 1090. The zero-order valence-electron chi connectivity index (χ0n) is 19.5. The van der Waals surface area contributed by atoms with Crippen LogP contribution in [0.5, 0.6) is 23.0 Å². The van der Waals surface area contributed by atoms with E-state index < -0.39 is 11.9 Å². The number of methoxy groups -OCH3 is 4. The number of benzene rings is 2. The smallest absolute Gasteiger partial charge is 0.414 e. The Morgan fingerprint density at radius 3 is 1.91 bits per heavy atom. The summed E-state index contributed by atoms with van der Waals surface area (Å²) in [6.07, 6.45) is 1.85. The third-order valence-corrected chi connectivity index (χ3v) is 4.73. The summed E-state index contributed by atoms with van der Waals surface area (Å²) >= 11 is 0. The van der Waals surface area contributed by atoms with Gasteiger partial charge in [-0.25, -0.2) is 14.6 Å². The van der Waals surface area contributed by atoms with Gasteiger partial charge < -0.3 is 39.0 Å². The van der Waals surface area contributed by atoms with E-state index in [0.717, 1.165) is 28.5 Å². The molecule has 0 spiro atoms. The fourth-order valence-electron chi connectivity index (χ4n) is 3.02. The molecule has 0 aliphatic rings. The fraction of sp³-hybridized carbons (Fsp3) is 0.261. The molecule has 0 radical (unpaired) electrons. The summed E-state index contributed by atoms with van der Waals surface area (Å²) in [4.78, 5) is 22.7. The number of ether oxygens (including phenoxy) is 4. The molecule has 0 fully saturated rings. The van der Waals surface area contributed by atoms with Crippen molar-refractivity contribution in [1.29, 1.82) is 0 Å². The molecular weight excluding hydrogens is 446 g/mol. The third kappa shape index (κ3) is 6.31. The normalized spacial score (nSPS) is 9.91. The van der Waals surface area contributed by atoms with Gasteiger partial charge in [0.1, 0.15) is 5.75 Å². The molecule has 0 amide bonds. The SMILES string of the molecule is COc1ccc(-c2cnc(NCc3cc(OC)c(OC)c(OC)c3)n2C)cc1.O=C(O)C(=O)O. The van der Waals surface area contributed by atoms with Gasteiger partial charge in [-0.2, -0.15) is 0 Å². The molecule has 11 nitrogen and oxygen atoms in total. The van der Waals surface area contributed by atoms with Crippen LogP contribution in [0.4, 0.5) is 5.95 Å². The Balaban J connectivity index is 0.000000604. The van der Waals surface area contributed by atoms with Crippen molar-refractivity contribution in [2.45, 2.75) is 6.54 Å². The Kier molecular flexibility index (Phi) is 9.12. The van der Waals surface area contributed by atoms with Gasteiger partial charge in [-0.15, -0.1) is 0 Å². The van der Waals surface area contributed by atoms with Crippen LogP contribution in [0.2, 0.25) is 0 Å². The molecule has 0 saturated heterocycles. The third-order valence-electron chi connectivity index (χ3n) is 4.73.